The van der Waals surface area contributed by atoms with Gasteiger partial charge in [-0.05, 0) is 29.3 Å². The molecule has 5 nitrogen and oxygen atoms in total. The summed E-state index contributed by atoms with van der Waals surface area (Å²) in [6.45, 7) is 0. The molecule has 1 aromatic heterocycles. The first-order valence-electron chi connectivity index (χ1n) is 6.12. The number of aromatic nitrogens is 2. The lowest BCUT2D eigenvalue weighted by atomic mass is 10.00. The van der Waals surface area contributed by atoms with Gasteiger partial charge in [0.25, 0.3) is 0 Å². The number of nitrogens with one attached hydrogen (secondary N) is 1. The smallest absolute Gasteiger partial charge is 0.359 e. The highest BCUT2D eigenvalue weighted by Crippen LogP contribution is 2.30. The molecule has 0 aliphatic rings. The van der Waals surface area contributed by atoms with Crippen LogP contribution in [0.15, 0.2) is 42.5 Å². The van der Waals surface area contributed by atoms with E-state index in [1.165, 1.54) is 7.11 Å². The van der Waals surface area contributed by atoms with Crippen LogP contribution < -0.4 is 5.73 Å². The molecule has 0 fully saturated rings. The van der Waals surface area contributed by atoms with Crippen LogP contribution in [-0.4, -0.2) is 23.3 Å². The van der Waals surface area contributed by atoms with Gasteiger partial charge >= 0.3 is 5.97 Å². The number of rotatable bonds is 2. The number of ether oxygens (including phenoxy) is 1. The molecular formula is C15H13N3O2. The van der Waals surface area contributed by atoms with E-state index in [9.17, 15) is 4.79 Å². The number of benzene rings is 2. The van der Waals surface area contributed by atoms with Crippen molar-refractivity contribution in [1.29, 1.82) is 0 Å². The Morgan fingerprint density at radius 2 is 1.95 bits per heavy atom. The number of nitrogens with two attached hydrogens (primary N) is 1. The summed E-state index contributed by atoms with van der Waals surface area (Å²) < 4.78 is 4.77. The summed E-state index contributed by atoms with van der Waals surface area (Å²) in [6.07, 6.45) is 0. The summed E-state index contributed by atoms with van der Waals surface area (Å²) in [6, 6.07) is 13.2. The molecule has 0 aliphatic heterocycles. The number of nitrogens with zero attached hydrogens (tertiary/aromatic N) is 1. The summed E-state index contributed by atoms with van der Waals surface area (Å²) in [5.41, 5.74) is 9.36. The van der Waals surface area contributed by atoms with E-state index in [2.05, 4.69) is 10.2 Å². The summed E-state index contributed by atoms with van der Waals surface area (Å²) in [5, 5.41) is 7.65. The highest BCUT2D eigenvalue weighted by molar-refractivity contribution is 6.08. The molecule has 0 saturated heterocycles. The van der Waals surface area contributed by atoms with Crippen molar-refractivity contribution in [3.63, 3.8) is 0 Å². The number of carbonyl (C=O) groups is 1. The second-order valence-electron chi connectivity index (χ2n) is 4.41. The molecule has 0 radical (unpaired) electrons. The largest absolute Gasteiger partial charge is 0.464 e. The third kappa shape index (κ3) is 1.89. The molecule has 0 spiro atoms. The van der Waals surface area contributed by atoms with Crippen molar-refractivity contribution in [1.82, 2.24) is 10.2 Å². The molecule has 2 aromatic carbocycles. The second kappa shape index (κ2) is 4.70. The van der Waals surface area contributed by atoms with Gasteiger partial charge in [-0.3, -0.25) is 5.10 Å². The van der Waals surface area contributed by atoms with Gasteiger partial charge in [0.05, 0.1) is 12.6 Å². The molecular weight excluding hydrogens is 254 g/mol. The van der Waals surface area contributed by atoms with Gasteiger partial charge in [-0.15, -0.1) is 0 Å². The number of esters is 1. The second-order valence-corrected chi connectivity index (χ2v) is 4.41. The monoisotopic (exact) mass is 267 g/mol. The van der Waals surface area contributed by atoms with Gasteiger partial charge < -0.3 is 10.5 Å². The van der Waals surface area contributed by atoms with E-state index >= 15 is 0 Å². The maximum Gasteiger partial charge on any atom is 0.359 e. The Balaban J connectivity index is 2.27. The number of hydrogen-bond donors (Lipinski definition) is 2. The lowest BCUT2D eigenvalue weighted by Gasteiger charge is -2.05. The number of carbonyl (C=O) groups excluding carboxylic acids is 1. The van der Waals surface area contributed by atoms with E-state index in [1.807, 2.05) is 42.5 Å². The van der Waals surface area contributed by atoms with Crippen LogP contribution in [0.3, 0.4) is 0 Å². The first-order valence-corrected chi connectivity index (χ1v) is 6.12. The highest BCUT2D eigenvalue weighted by Gasteiger charge is 2.18. The lowest BCUT2D eigenvalue weighted by molar-refractivity contribution is 0.0596. The van der Waals surface area contributed by atoms with E-state index in [1.54, 1.807) is 0 Å². The molecule has 0 amide bonds. The van der Waals surface area contributed by atoms with Crippen LogP contribution in [0.1, 0.15) is 10.5 Å². The first kappa shape index (κ1) is 12.2. The van der Waals surface area contributed by atoms with Crippen molar-refractivity contribution in [3.8, 4) is 11.1 Å². The SMILES string of the molecule is COC(=O)c1n[nH]c2cccc(-c3ccc(N)cc3)c12. The summed E-state index contributed by atoms with van der Waals surface area (Å²) in [7, 11) is 1.34. The molecule has 0 atom stereocenters. The molecule has 5 heteroatoms. The zero-order valence-electron chi connectivity index (χ0n) is 10.9. The van der Waals surface area contributed by atoms with Gasteiger partial charge in [-0.2, -0.15) is 5.10 Å². The molecule has 3 aromatic rings. The maximum atomic E-state index is 11.8. The van der Waals surface area contributed by atoms with Gasteiger partial charge in [-0.1, -0.05) is 24.3 Å². The average molecular weight is 267 g/mol. The number of aromatic amines is 1. The van der Waals surface area contributed by atoms with Crippen molar-refractivity contribution in [3.05, 3.63) is 48.2 Å². The Morgan fingerprint density at radius 1 is 1.20 bits per heavy atom. The third-order valence-corrected chi connectivity index (χ3v) is 3.19. The highest BCUT2D eigenvalue weighted by atomic mass is 16.5. The zero-order valence-corrected chi connectivity index (χ0v) is 10.9. The van der Waals surface area contributed by atoms with Crippen LogP contribution in [0, 0.1) is 0 Å². The fraction of sp³-hybridized carbons (Fsp3) is 0.0667. The summed E-state index contributed by atoms with van der Waals surface area (Å²) >= 11 is 0. The Bertz CT molecular complexity index is 775. The van der Waals surface area contributed by atoms with Crippen LogP contribution in [0.5, 0.6) is 0 Å². The normalized spacial score (nSPS) is 10.7. The topological polar surface area (TPSA) is 81.0 Å². The minimum atomic E-state index is -0.459. The number of hydrogen-bond acceptors (Lipinski definition) is 4. The molecule has 0 unspecified atom stereocenters. The predicted octanol–water partition coefficient (Wildman–Crippen LogP) is 2.60. The number of anilines is 1. The van der Waals surface area contributed by atoms with E-state index in [0.717, 1.165) is 22.0 Å². The average Bonchev–Trinajstić information content (AvgIpc) is 2.91. The Morgan fingerprint density at radius 3 is 2.65 bits per heavy atom. The van der Waals surface area contributed by atoms with Crippen molar-refractivity contribution in [2.24, 2.45) is 0 Å². The quantitative estimate of drug-likeness (QED) is 0.552. The minimum Gasteiger partial charge on any atom is -0.464 e. The number of nitrogen functional groups attached to an aromatic ring is 1. The fourth-order valence-electron chi connectivity index (χ4n) is 2.22. The van der Waals surface area contributed by atoms with Crippen molar-refractivity contribution >= 4 is 22.6 Å². The van der Waals surface area contributed by atoms with Crippen LogP contribution in [0.2, 0.25) is 0 Å². The standard InChI is InChI=1S/C15H13N3O2/c1-20-15(19)14-13-11(3-2-4-12(13)17-18-14)9-5-7-10(16)8-6-9/h2-8H,16H2,1H3,(H,17,18). The van der Waals surface area contributed by atoms with Crippen molar-refractivity contribution in [2.75, 3.05) is 12.8 Å². The molecule has 3 N–H and O–H groups in total. The Hall–Kier alpha value is -2.82. The minimum absolute atomic E-state index is 0.287. The van der Waals surface area contributed by atoms with E-state index in [0.29, 0.717) is 5.69 Å². The third-order valence-electron chi connectivity index (χ3n) is 3.19. The summed E-state index contributed by atoms with van der Waals surface area (Å²) in [5.74, 6) is -0.459. The van der Waals surface area contributed by atoms with Gasteiger partial charge in [0.1, 0.15) is 0 Å². The zero-order chi connectivity index (χ0) is 14.1. The van der Waals surface area contributed by atoms with Gasteiger partial charge in [0, 0.05) is 11.1 Å². The van der Waals surface area contributed by atoms with E-state index in [-0.39, 0.29) is 5.69 Å². The number of fused-ring (bicyclic) bond motifs is 1. The van der Waals surface area contributed by atoms with Crippen LogP contribution in [0.4, 0.5) is 5.69 Å². The molecule has 3 rings (SSSR count). The van der Waals surface area contributed by atoms with Crippen molar-refractivity contribution in [2.45, 2.75) is 0 Å². The van der Waals surface area contributed by atoms with Crippen molar-refractivity contribution < 1.29 is 9.53 Å². The van der Waals surface area contributed by atoms with E-state index < -0.39 is 5.97 Å². The Labute approximate surface area is 115 Å². The number of methoxy groups -OCH3 is 1. The Kier molecular flexibility index (Phi) is 2.87. The van der Waals surface area contributed by atoms with Crippen LogP contribution in [0.25, 0.3) is 22.0 Å². The summed E-state index contributed by atoms with van der Waals surface area (Å²) in [4.78, 5) is 11.8. The molecule has 20 heavy (non-hydrogen) atoms. The van der Waals surface area contributed by atoms with Crippen LogP contribution >= 0.6 is 0 Å². The first-order chi connectivity index (χ1) is 9.70. The maximum absolute atomic E-state index is 11.8. The molecule has 100 valence electrons. The lowest BCUT2D eigenvalue weighted by Crippen LogP contribution is -2.02. The number of H-pyrrole nitrogens is 1. The van der Waals surface area contributed by atoms with Crippen LogP contribution in [-0.2, 0) is 4.74 Å². The molecule has 0 bridgehead atoms. The van der Waals surface area contributed by atoms with Gasteiger partial charge in [0.15, 0.2) is 5.69 Å². The fourth-order valence-corrected chi connectivity index (χ4v) is 2.22. The van der Waals surface area contributed by atoms with E-state index in [4.69, 9.17) is 10.5 Å². The molecule has 0 saturated carbocycles. The van der Waals surface area contributed by atoms with Gasteiger partial charge in [-0.25, -0.2) is 4.79 Å². The van der Waals surface area contributed by atoms with Gasteiger partial charge in [0.2, 0.25) is 0 Å². The molecule has 0 aliphatic carbocycles. The predicted molar refractivity (Wildman–Crippen MR) is 77.3 cm³/mol. The molecule has 1 heterocycles.